The van der Waals surface area contributed by atoms with E-state index in [1.54, 1.807) is 0 Å². The smallest absolute Gasteiger partial charge is 0.289 e. The van der Waals surface area contributed by atoms with Crippen molar-refractivity contribution in [3.05, 3.63) is 53.8 Å². The van der Waals surface area contributed by atoms with Gasteiger partial charge in [-0.15, -0.1) is 0 Å². The zero-order valence-corrected chi connectivity index (χ0v) is 14.0. The summed E-state index contributed by atoms with van der Waals surface area (Å²) in [5.41, 5.74) is 1.70. The van der Waals surface area contributed by atoms with Gasteiger partial charge in [0.15, 0.2) is 5.76 Å². The summed E-state index contributed by atoms with van der Waals surface area (Å²) in [4.78, 5) is 19.2. The molecule has 124 valence electrons. The van der Waals surface area contributed by atoms with E-state index in [4.69, 9.17) is 4.42 Å². The second-order valence-electron chi connectivity index (χ2n) is 6.48. The minimum atomic E-state index is -0.00818. The Morgan fingerprint density at radius 3 is 2.88 bits per heavy atom. The lowest BCUT2D eigenvalue weighted by Crippen LogP contribution is -2.40. The molecule has 1 aromatic carbocycles. The number of fused-ring (bicyclic) bond motifs is 1. The number of carbonyl (C=O) groups is 1. The Bertz CT molecular complexity index is 893. The normalized spacial score (nSPS) is 18.2. The first-order valence-electron chi connectivity index (χ1n) is 8.42. The highest BCUT2D eigenvalue weighted by Gasteiger charge is 2.29. The Balaban J connectivity index is 1.61. The van der Waals surface area contributed by atoms with E-state index < -0.39 is 0 Å². The highest BCUT2D eigenvalue weighted by atomic mass is 16.3. The minimum absolute atomic E-state index is 0.00818. The molecule has 1 atom stereocenters. The quantitative estimate of drug-likeness (QED) is 0.722. The zero-order chi connectivity index (χ0) is 16.7. The third-order valence-corrected chi connectivity index (χ3v) is 4.98. The van der Waals surface area contributed by atoms with Crippen LogP contribution in [0.25, 0.3) is 11.0 Å². The molecule has 0 aliphatic carbocycles. The minimum Gasteiger partial charge on any atom is -0.451 e. The molecule has 1 saturated heterocycles. The summed E-state index contributed by atoms with van der Waals surface area (Å²) in [5, 5.41) is 1.01. The number of carbonyl (C=O) groups excluding carboxylic acids is 1. The molecular weight excluding hydrogens is 302 g/mol. The Kier molecular flexibility index (Phi) is 3.63. The van der Waals surface area contributed by atoms with Gasteiger partial charge in [-0.05, 0) is 32.8 Å². The molecule has 1 unspecified atom stereocenters. The number of imidazole rings is 1. The number of aromatic nitrogens is 2. The van der Waals surface area contributed by atoms with E-state index in [9.17, 15) is 4.79 Å². The number of amides is 1. The number of furan rings is 1. The molecule has 0 N–H and O–H groups in total. The van der Waals surface area contributed by atoms with Gasteiger partial charge in [0.05, 0.1) is 6.04 Å². The van der Waals surface area contributed by atoms with Gasteiger partial charge in [-0.1, -0.05) is 18.2 Å². The maximum atomic E-state index is 13.0. The first-order valence-corrected chi connectivity index (χ1v) is 8.42. The fourth-order valence-corrected chi connectivity index (χ4v) is 3.66. The number of nitrogens with zero attached hydrogens (tertiary/aromatic N) is 3. The third kappa shape index (κ3) is 2.40. The van der Waals surface area contributed by atoms with Gasteiger partial charge < -0.3 is 13.9 Å². The van der Waals surface area contributed by atoms with Crippen molar-refractivity contribution < 1.29 is 9.21 Å². The number of hydrogen-bond donors (Lipinski definition) is 0. The van der Waals surface area contributed by atoms with Crippen LogP contribution < -0.4 is 0 Å². The molecule has 0 radical (unpaired) electrons. The van der Waals surface area contributed by atoms with E-state index in [1.165, 1.54) is 0 Å². The summed E-state index contributed by atoms with van der Waals surface area (Å²) in [7, 11) is 0. The van der Waals surface area contributed by atoms with Crippen LogP contribution in [0.5, 0.6) is 0 Å². The number of piperidine rings is 1. The standard InChI is InChI=1S/C19H21N3O2/c1-13-16-7-3-4-8-17(16)24-18(13)19(23)21-10-5-6-15(12-21)22-11-9-20-14(22)2/h3-4,7-9,11,15H,5-6,10,12H2,1-2H3. The monoisotopic (exact) mass is 323 g/mol. The van der Waals surface area contributed by atoms with E-state index in [-0.39, 0.29) is 11.9 Å². The summed E-state index contributed by atoms with van der Waals surface area (Å²) >= 11 is 0. The van der Waals surface area contributed by atoms with Crippen LogP contribution in [0.15, 0.2) is 41.1 Å². The van der Waals surface area contributed by atoms with Gasteiger partial charge >= 0.3 is 0 Å². The van der Waals surface area contributed by atoms with Crippen LogP contribution in [0.4, 0.5) is 0 Å². The first kappa shape index (κ1) is 15.0. The Morgan fingerprint density at radius 1 is 1.29 bits per heavy atom. The highest BCUT2D eigenvalue weighted by molar-refractivity contribution is 5.98. The second kappa shape index (κ2) is 5.82. The van der Waals surface area contributed by atoms with E-state index in [2.05, 4.69) is 9.55 Å². The van der Waals surface area contributed by atoms with Crippen LogP contribution in [-0.4, -0.2) is 33.4 Å². The Hall–Kier alpha value is -2.56. The van der Waals surface area contributed by atoms with Crippen molar-refractivity contribution in [2.24, 2.45) is 0 Å². The molecule has 5 heteroatoms. The topological polar surface area (TPSA) is 51.3 Å². The lowest BCUT2D eigenvalue weighted by Gasteiger charge is -2.33. The maximum absolute atomic E-state index is 13.0. The summed E-state index contributed by atoms with van der Waals surface area (Å²) in [6.45, 7) is 5.44. The van der Waals surface area contributed by atoms with Gasteiger partial charge in [-0.2, -0.15) is 0 Å². The molecule has 0 spiro atoms. The molecule has 2 aromatic heterocycles. The van der Waals surface area contributed by atoms with Crippen molar-refractivity contribution in [1.82, 2.24) is 14.5 Å². The van der Waals surface area contributed by atoms with Crippen LogP contribution in [-0.2, 0) is 0 Å². The Labute approximate surface area is 140 Å². The van der Waals surface area contributed by atoms with Gasteiger partial charge in [-0.3, -0.25) is 4.79 Å². The van der Waals surface area contributed by atoms with Gasteiger partial charge in [0, 0.05) is 36.4 Å². The van der Waals surface area contributed by atoms with Crippen molar-refractivity contribution in [3.8, 4) is 0 Å². The average Bonchev–Trinajstić information content (AvgIpc) is 3.18. The summed E-state index contributed by atoms with van der Waals surface area (Å²) in [5.74, 6) is 1.46. The summed E-state index contributed by atoms with van der Waals surface area (Å²) in [6, 6.07) is 8.09. The molecule has 0 saturated carbocycles. The molecular formula is C19H21N3O2. The third-order valence-electron chi connectivity index (χ3n) is 4.98. The second-order valence-corrected chi connectivity index (χ2v) is 6.48. The van der Waals surface area contributed by atoms with Gasteiger partial charge in [0.2, 0.25) is 0 Å². The van der Waals surface area contributed by atoms with Crippen molar-refractivity contribution in [2.75, 3.05) is 13.1 Å². The fraction of sp³-hybridized carbons (Fsp3) is 0.368. The molecule has 1 aliphatic heterocycles. The average molecular weight is 323 g/mol. The van der Waals surface area contributed by atoms with Crippen molar-refractivity contribution >= 4 is 16.9 Å². The van der Waals surface area contributed by atoms with E-state index in [0.717, 1.165) is 41.7 Å². The zero-order valence-electron chi connectivity index (χ0n) is 14.0. The first-order chi connectivity index (χ1) is 11.6. The van der Waals surface area contributed by atoms with Crippen LogP contribution >= 0.6 is 0 Å². The van der Waals surface area contributed by atoms with Gasteiger partial charge in [0.25, 0.3) is 5.91 Å². The van der Waals surface area contributed by atoms with Crippen LogP contribution in [0.1, 0.15) is 40.8 Å². The number of hydrogen-bond acceptors (Lipinski definition) is 3. The van der Waals surface area contributed by atoms with Crippen LogP contribution in [0, 0.1) is 13.8 Å². The number of benzene rings is 1. The van der Waals surface area contributed by atoms with E-state index >= 15 is 0 Å². The molecule has 5 nitrogen and oxygen atoms in total. The van der Waals surface area contributed by atoms with Crippen molar-refractivity contribution in [3.63, 3.8) is 0 Å². The molecule has 1 amide bonds. The maximum Gasteiger partial charge on any atom is 0.289 e. The number of aryl methyl sites for hydroxylation is 2. The van der Waals surface area contributed by atoms with Crippen molar-refractivity contribution in [1.29, 1.82) is 0 Å². The molecule has 4 rings (SSSR count). The molecule has 1 aliphatic rings. The highest BCUT2D eigenvalue weighted by Crippen LogP contribution is 2.28. The summed E-state index contributed by atoms with van der Waals surface area (Å²) in [6.07, 6.45) is 5.88. The van der Waals surface area contributed by atoms with E-state index in [1.807, 2.05) is 55.4 Å². The SMILES string of the molecule is Cc1c(C(=O)N2CCCC(n3ccnc3C)C2)oc2ccccc12. The Morgan fingerprint density at radius 2 is 2.12 bits per heavy atom. The van der Waals surface area contributed by atoms with Crippen LogP contribution in [0.2, 0.25) is 0 Å². The largest absolute Gasteiger partial charge is 0.451 e. The lowest BCUT2D eigenvalue weighted by atomic mass is 10.0. The number of para-hydroxylation sites is 1. The van der Waals surface area contributed by atoms with Crippen molar-refractivity contribution in [2.45, 2.75) is 32.7 Å². The number of rotatable bonds is 2. The van der Waals surface area contributed by atoms with Gasteiger partial charge in [0.1, 0.15) is 11.4 Å². The summed E-state index contributed by atoms with van der Waals surface area (Å²) < 4.78 is 8.02. The number of likely N-dealkylation sites (tertiary alicyclic amines) is 1. The molecule has 3 heterocycles. The molecule has 3 aromatic rings. The molecule has 0 bridgehead atoms. The van der Waals surface area contributed by atoms with Crippen LogP contribution in [0.3, 0.4) is 0 Å². The fourth-order valence-electron chi connectivity index (χ4n) is 3.66. The molecule has 1 fully saturated rings. The lowest BCUT2D eigenvalue weighted by molar-refractivity contribution is 0.0647. The predicted octanol–water partition coefficient (Wildman–Crippen LogP) is 3.72. The van der Waals surface area contributed by atoms with Gasteiger partial charge in [-0.25, -0.2) is 4.98 Å². The molecule has 24 heavy (non-hydrogen) atoms. The predicted molar refractivity (Wildman–Crippen MR) is 92.1 cm³/mol. The van der Waals surface area contributed by atoms with E-state index in [0.29, 0.717) is 12.3 Å².